The molecule has 8 bridgehead atoms. The Morgan fingerprint density at radius 2 is 0.486 bits per heavy atom. The van der Waals surface area contributed by atoms with Crippen LogP contribution in [0.2, 0.25) is 0 Å². The molecule has 0 radical (unpaired) electrons. The number of carboxylic acids is 1. The van der Waals surface area contributed by atoms with Crippen molar-refractivity contribution in [3.8, 4) is 45.6 Å². The highest BCUT2D eigenvalue weighted by Crippen LogP contribution is 2.53. The SMILES string of the molecule is CC(C)(C)c1ccc(Sc2ccc(Sc3ccc(C(C)(C)C)cc3)c3c2-c2nc-3nc3[nH]c(nc4nc(nc5[nH]c(n2)c2ccc(C(=O)O)cc52)-c2c(Sc5ccc(C(C)(C)C)cc5)ccc(Sc5ccc(C(C)(C)C)cc5)c2-4)c2c(Sc4ccc(C(C)(C)C)cc4)ccc(Sc4ccc(C(C)(C)C)cc4)c32)cc1. The van der Waals surface area contributed by atoms with Gasteiger partial charge in [0.2, 0.25) is 0 Å². The highest BCUT2D eigenvalue weighted by Gasteiger charge is 2.33. The maximum absolute atomic E-state index is 13.2. The van der Waals surface area contributed by atoms with Gasteiger partial charge in [-0.3, -0.25) is 0 Å². The molecule has 0 aliphatic carbocycles. The van der Waals surface area contributed by atoms with E-state index in [2.05, 4.69) is 317 Å². The highest BCUT2D eigenvalue weighted by molar-refractivity contribution is 8.01. The first-order valence-corrected chi connectivity index (χ1v) is 41.9. The van der Waals surface area contributed by atoms with Gasteiger partial charge in [0.05, 0.1) is 5.56 Å². The van der Waals surface area contributed by atoms with Crippen LogP contribution >= 0.6 is 70.6 Å². The second-order valence-corrected chi connectivity index (χ2v) is 41.1. The van der Waals surface area contributed by atoms with Gasteiger partial charge in [-0.15, -0.1) is 0 Å². The van der Waals surface area contributed by atoms with E-state index in [1.165, 1.54) is 33.4 Å². The van der Waals surface area contributed by atoms with E-state index in [1.54, 1.807) is 82.7 Å². The number of nitrogens with zero attached hydrogens (tertiary/aromatic N) is 6. The minimum Gasteiger partial charge on any atom is -0.478 e. The van der Waals surface area contributed by atoms with E-state index in [1.807, 2.05) is 6.07 Å². The van der Waals surface area contributed by atoms with E-state index in [0.717, 1.165) is 91.8 Å². The number of rotatable bonds is 13. The maximum Gasteiger partial charge on any atom is 0.335 e. The van der Waals surface area contributed by atoms with Gasteiger partial charge < -0.3 is 15.1 Å². The summed E-state index contributed by atoms with van der Waals surface area (Å²) in [5.74, 6) is 0.647. The normalized spacial score (nSPS) is 12.8. The molecular formula is C93H90N8O2S6. The number of hydrogen-bond acceptors (Lipinski definition) is 13. The largest absolute Gasteiger partial charge is 0.478 e. The monoisotopic (exact) mass is 1540 g/mol. The van der Waals surface area contributed by atoms with Crippen LogP contribution in [0, 0.1) is 0 Å². The molecule has 0 spiro atoms. The second-order valence-electron chi connectivity index (χ2n) is 34.4. The molecule has 15 rings (SSSR count). The molecule has 0 saturated heterocycles. The lowest BCUT2D eigenvalue weighted by Crippen LogP contribution is -2.10. The van der Waals surface area contributed by atoms with Crippen molar-refractivity contribution in [2.75, 3.05) is 0 Å². The number of aromatic amines is 2. The molecule has 2 aliphatic rings. The van der Waals surface area contributed by atoms with Crippen LogP contribution < -0.4 is 0 Å². The Kier molecular flexibility index (Phi) is 19.9. The predicted molar refractivity (Wildman–Crippen MR) is 459 cm³/mol. The zero-order valence-corrected chi connectivity index (χ0v) is 69.9. The Bertz CT molecular complexity index is 5910. The fourth-order valence-corrected chi connectivity index (χ4v) is 19.3. The molecule has 16 heteroatoms. The summed E-state index contributed by atoms with van der Waals surface area (Å²) in [4.78, 5) is 67.7. The third-order valence-corrected chi connectivity index (χ3v) is 26.4. The molecular weight excluding hydrogens is 1450 g/mol. The van der Waals surface area contributed by atoms with E-state index in [-0.39, 0.29) is 38.1 Å². The quantitative estimate of drug-likeness (QED) is 0.101. The van der Waals surface area contributed by atoms with E-state index in [0.29, 0.717) is 56.7 Å². The Morgan fingerprint density at radius 1 is 0.266 bits per heavy atom. The Hall–Kier alpha value is -8.87. The molecule has 3 N–H and O–H groups in total. The zero-order valence-electron chi connectivity index (χ0n) is 65.0. The molecule has 550 valence electrons. The minimum atomic E-state index is -1.07. The third-order valence-electron chi connectivity index (χ3n) is 20.0. The first-order chi connectivity index (χ1) is 51.5. The summed E-state index contributed by atoms with van der Waals surface area (Å²) >= 11 is 10.1. The predicted octanol–water partition coefficient (Wildman–Crippen LogP) is 27.3. The number of benzene rings is 10. The number of H-pyrrole nitrogens is 2. The van der Waals surface area contributed by atoms with Crippen molar-refractivity contribution in [3.63, 3.8) is 0 Å². The van der Waals surface area contributed by atoms with Crippen molar-refractivity contribution in [2.45, 2.75) is 216 Å². The fourth-order valence-electron chi connectivity index (χ4n) is 13.5. The Balaban J connectivity index is 1.09. The summed E-state index contributed by atoms with van der Waals surface area (Å²) < 4.78 is 0. The van der Waals surface area contributed by atoms with Gasteiger partial charge >= 0.3 is 5.97 Å². The number of carbonyl (C=O) groups is 1. The van der Waals surface area contributed by atoms with E-state index >= 15 is 0 Å². The van der Waals surface area contributed by atoms with Crippen molar-refractivity contribution in [3.05, 3.63) is 239 Å². The molecule has 5 heterocycles. The number of aromatic nitrogens is 8. The summed E-state index contributed by atoms with van der Waals surface area (Å²) in [6.45, 7) is 40.4. The van der Waals surface area contributed by atoms with Crippen LogP contribution in [-0.2, 0) is 32.5 Å². The smallest absolute Gasteiger partial charge is 0.335 e. The molecule has 0 atom stereocenters. The topological polar surface area (TPSA) is 146 Å². The van der Waals surface area contributed by atoms with Crippen molar-refractivity contribution >= 4 is 121 Å². The maximum atomic E-state index is 13.2. The molecule has 13 aromatic rings. The average Bonchev–Trinajstić information content (AvgIpc) is 1.59. The lowest BCUT2D eigenvalue weighted by molar-refractivity contribution is 0.0697. The van der Waals surface area contributed by atoms with Crippen LogP contribution in [0.4, 0.5) is 0 Å². The van der Waals surface area contributed by atoms with Crippen molar-refractivity contribution in [2.24, 2.45) is 0 Å². The molecule has 3 aromatic heterocycles. The van der Waals surface area contributed by atoms with Crippen molar-refractivity contribution < 1.29 is 9.90 Å². The summed E-state index contributed by atoms with van der Waals surface area (Å²) in [5, 5.41) is 13.7. The number of hydrogen-bond donors (Lipinski definition) is 3. The van der Waals surface area contributed by atoms with Gasteiger partial charge in [0.15, 0.2) is 23.3 Å². The van der Waals surface area contributed by atoms with Crippen LogP contribution in [0.5, 0.6) is 0 Å². The van der Waals surface area contributed by atoms with Crippen LogP contribution in [0.1, 0.15) is 168 Å². The molecule has 0 saturated carbocycles. The van der Waals surface area contributed by atoms with Gasteiger partial charge in [-0.25, -0.2) is 34.7 Å². The first-order valence-electron chi connectivity index (χ1n) is 37.0. The molecule has 0 amide bonds. The van der Waals surface area contributed by atoms with Gasteiger partial charge in [-0.05, 0) is 193 Å². The van der Waals surface area contributed by atoms with E-state index in [4.69, 9.17) is 29.9 Å². The summed E-state index contributed by atoms with van der Waals surface area (Å²) in [5.41, 5.74) is 12.4. The Labute approximate surface area is 665 Å². The first kappa shape index (κ1) is 75.5. The third kappa shape index (κ3) is 15.8. The van der Waals surface area contributed by atoms with Gasteiger partial charge in [-0.1, -0.05) is 268 Å². The second kappa shape index (κ2) is 28.8. The number of nitrogens with one attached hydrogen (secondary N) is 2. The molecule has 2 aliphatic heterocycles. The lowest BCUT2D eigenvalue weighted by Gasteiger charge is -2.19. The average molecular weight is 1540 g/mol. The van der Waals surface area contributed by atoms with Gasteiger partial charge in [0.1, 0.15) is 22.6 Å². The lowest BCUT2D eigenvalue weighted by atomic mass is 9.87. The summed E-state index contributed by atoms with van der Waals surface area (Å²) in [6, 6.07) is 71.7. The van der Waals surface area contributed by atoms with Gasteiger partial charge in [-0.2, -0.15) is 0 Å². The van der Waals surface area contributed by atoms with Crippen molar-refractivity contribution in [1.29, 1.82) is 0 Å². The standard InChI is InChI=1S/C93H90N8O2S6/c1-88(2,3)53-20-32-59(33-21-53)104-67-45-47-69(106-61-36-24-55(25-37-61)90(7,8)9)75-73(67)81-95-79-65-44-19-52(87(102)103)51-66(65)80(94-79)96-82-74-68(105-60-34-22-54(23-35-60)89(4,5)6)46-48-70(107-62-38-26-56(27-39-62)91(10,11)12)76(74)84(98-82)100-86-78-72(109-64-42-30-58(31-43-64)93(16,17)18)50-49-71(77(78)85(101-86)99-83(75)97-81)108-63-40-28-57(29-41-63)92(13,14)15/h19-51H,1-18H3,(H,102,103)(H2,94,95,96,97,98,99,100,101). The Morgan fingerprint density at radius 3 is 0.734 bits per heavy atom. The fraction of sp³-hybridized carbons (Fsp3) is 0.258. The molecule has 10 aromatic carbocycles. The molecule has 10 nitrogen and oxygen atoms in total. The van der Waals surface area contributed by atoms with Crippen LogP contribution in [-0.4, -0.2) is 50.9 Å². The van der Waals surface area contributed by atoms with Gasteiger partial charge in [0.25, 0.3) is 0 Å². The van der Waals surface area contributed by atoms with E-state index in [9.17, 15) is 9.90 Å². The van der Waals surface area contributed by atoms with Crippen molar-refractivity contribution in [1.82, 2.24) is 39.9 Å². The zero-order chi connectivity index (χ0) is 77.0. The molecule has 109 heavy (non-hydrogen) atoms. The van der Waals surface area contributed by atoms with Crippen LogP contribution in [0.25, 0.3) is 89.7 Å². The molecule has 0 fully saturated rings. The minimum absolute atomic E-state index is 0.0511. The number of fused-ring (bicyclic) bond motifs is 20. The number of aromatic carboxylic acids is 1. The van der Waals surface area contributed by atoms with Crippen LogP contribution in [0.3, 0.4) is 0 Å². The van der Waals surface area contributed by atoms with E-state index < -0.39 is 5.97 Å². The van der Waals surface area contributed by atoms with Gasteiger partial charge in [0, 0.05) is 103 Å². The highest BCUT2D eigenvalue weighted by atomic mass is 32.2. The number of carboxylic acid groups (broad SMARTS) is 1. The molecule has 0 unspecified atom stereocenters. The van der Waals surface area contributed by atoms with Crippen LogP contribution in [0.15, 0.2) is 259 Å². The summed E-state index contributed by atoms with van der Waals surface area (Å²) in [7, 11) is 0. The summed E-state index contributed by atoms with van der Waals surface area (Å²) in [6.07, 6.45) is 0.